The van der Waals surface area contributed by atoms with Crippen LogP contribution in [0.4, 0.5) is 0 Å². The molecular formula is C13H28N4O. The van der Waals surface area contributed by atoms with Crippen molar-refractivity contribution >= 4 is 5.91 Å². The third-order valence-electron chi connectivity index (χ3n) is 3.54. The molecule has 1 atom stereocenters. The Morgan fingerprint density at radius 3 is 2.72 bits per heavy atom. The van der Waals surface area contributed by atoms with Crippen molar-refractivity contribution in [2.24, 2.45) is 5.73 Å². The van der Waals surface area contributed by atoms with E-state index in [4.69, 9.17) is 5.73 Å². The van der Waals surface area contributed by atoms with Crippen LogP contribution in [0, 0.1) is 0 Å². The van der Waals surface area contributed by atoms with E-state index in [9.17, 15) is 4.79 Å². The van der Waals surface area contributed by atoms with Gasteiger partial charge in [-0.25, -0.2) is 0 Å². The summed E-state index contributed by atoms with van der Waals surface area (Å²) in [6, 6.07) is 0.534. The van der Waals surface area contributed by atoms with E-state index in [1.807, 2.05) is 7.05 Å². The fourth-order valence-corrected chi connectivity index (χ4v) is 2.48. The molecule has 0 spiro atoms. The lowest BCUT2D eigenvalue weighted by molar-refractivity contribution is -0.131. The minimum atomic E-state index is 0.217. The van der Waals surface area contributed by atoms with E-state index in [-0.39, 0.29) is 5.91 Å². The Labute approximate surface area is 111 Å². The second-order valence-corrected chi connectivity index (χ2v) is 5.49. The highest BCUT2D eigenvalue weighted by atomic mass is 16.2. The van der Waals surface area contributed by atoms with Crippen molar-refractivity contribution in [1.82, 2.24) is 14.7 Å². The van der Waals surface area contributed by atoms with Gasteiger partial charge in [0, 0.05) is 26.2 Å². The summed E-state index contributed by atoms with van der Waals surface area (Å²) in [6.45, 7) is 4.06. The van der Waals surface area contributed by atoms with E-state index >= 15 is 0 Å². The lowest BCUT2D eigenvalue weighted by Gasteiger charge is -2.28. The van der Waals surface area contributed by atoms with E-state index in [0.717, 1.165) is 26.1 Å². The fourth-order valence-electron chi connectivity index (χ4n) is 2.48. The van der Waals surface area contributed by atoms with Gasteiger partial charge in [-0.15, -0.1) is 0 Å². The van der Waals surface area contributed by atoms with E-state index in [2.05, 4.69) is 23.9 Å². The van der Waals surface area contributed by atoms with Crippen LogP contribution in [0.15, 0.2) is 0 Å². The van der Waals surface area contributed by atoms with Crippen LogP contribution >= 0.6 is 0 Å². The quantitative estimate of drug-likeness (QED) is 0.686. The van der Waals surface area contributed by atoms with Gasteiger partial charge in [0.1, 0.15) is 0 Å². The third-order valence-corrected chi connectivity index (χ3v) is 3.54. The smallest absolute Gasteiger partial charge is 0.236 e. The number of nitrogens with zero attached hydrogens (tertiary/aromatic N) is 3. The van der Waals surface area contributed by atoms with Gasteiger partial charge < -0.3 is 15.5 Å². The largest absolute Gasteiger partial charge is 0.345 e. The average molecular weight is 256 g/mol. The molecule has 0 bridgehead atoms. The Hall–Kier alpha value is -0.650. The van der Waals surface area contributed by atoms with Crippen molar-refractivity contribution in [1.29, 1.82) is 0 Å². The van der Waals surface area contributed by atoms with E-state index in [1.165, 1.54) is 12.8 Å². The Morgan fingerprint density at radius 1 is 1.39 bits per heavy atom. The molecule has 1 unspecified atom stereocenters. The molecule has 0 saturated carbocycles. The summed E-state index contributed by atoms with van der Waals surface area (Å²) < 4.78 is 0. The molecule has 106 valence electrons. The van der Waals surface area contributed by atoms with Gasteiger partial charge in [-0.1, -0.05) is 0 Å². The number of amides is 1. The van der Waals surface area contributed by atoms with Crippen molar-refractivity contribution < 1.29 is 4.79 Å². The SMILES string of the molecule is CN(C)CC1CCCN1CC(=O)N(C)CCCN. The maximum atomic E-state index is 12.1. The summed E-state index contributed by atoms with van der Waals surface area (Å²) in [7, 11) is 6.05. The van der Waals surface area contributed by atoms with Gasteiger partial charge in [-0.3, -0.25) is 9.69 Å². The van der Waals surface area contributed by atoms with Crippen molar-refractivity contribution in [3.63, 3.8) is 0 Å². The summed E-state index contributed by atoms with van der Waals surface area (Å²) in [5.74, 6) is 0.217. The van der Waals surface area contributed by atoms with E-state index in [1.54, 1.807) is 4.90 Å². The monoisotopic (exact) mass is 256 g/mol. The molecule has 0 radical (unpaired) electrons. The van der Waals surface area contributed by atoms with Crippen molar-refractivity contribution in [2.45, 2.75) is 25.3 Å². The topological polar surface area (TPSA) is 52.8 Å². The highest BCUT2D eigenvalue weighted by molar-refractivity contribution is 5.78. The van der Waals surface area contributed by atoms with Gasteiger partial charge in [0.15, 0.2) is 0 Å². The predicted octanol–water partition coefficient (Wildman–Crippen LogP) is -0.180. The number of carbonyl (C=O) groups excluding carboxylic acids is 1. The number of likely N-dealkylation sites (N-methyl/N-ethyl adjacent to an activating group) is 2. The van der Waals surface area contributed by atoms with Crippen LogP contribution in [-0.4, -0.2) is 80.5 Å². The lowest BCUT2D eigenvalue weighted by atomic mass is 10.2. The molecule has 1 rings (SSSR count). The fraction of sp³-hybridized carbons (Fsp3) is 0.923. The Kier molecular flexibility index (Phi) is 6.60. The summed E-state index contributed by atoms with van der Waals surface area (Å²) in [4.78, 5) is 18.4. The van der Waals surface area contributed by atoms with Gasteiger partial charge in [-0.2, -0.15) is 0 Å². The van der Waals surface area contributed by atoms with E-state index in [0.29, 0.717) is 19.1 Å². The van der Waals surface area contributed by atoms with Gasteiger partial charge in [0.25, 0.3) is 0 Å². The van der Waals surface area contributed by atoms with Crippen LogP contribution in [0.2, 0.25) is 0 Å². The minimum Gasteiger partial charge on any atom is -0.345 e. The van der Waals surface area contributed by atoms with Crippen LogP contribution in [0.3, 0.4) is 0 Å². The molecule has 1 aliphatic rings. The van der Waals surface area contributed by atoms with Crippen LogP contribution < -0.4 is 5.73 Å². The number of likely N-dealkylation sites (tertiary alicyclic amines) is 1. The maximum absolute atomic E-state index is 12.1. The maximum Gasteiger partial charge on any atom is 0.236 e. The van der Waals surface area contributed by atoms with Gasteiger partial charge >= 0.3 is 0 Å². The zero-order valence-electron chi connectivity index (χ0n) is 12.1. The number of rotatable bonds is 7. The molecule has 5 nitrogen and oxygen atoms in total. The zero-order valence-corrected chi connectivity index (χ0v) is 12.1. The van der Waals surface area contributed by atoms with Gasteiger partial charge in [0.05, 0.1) is 6.54 Å². The lowest BCUT2D eigenvalue weighted by Crippen LogP contribution is -2.44. The number of nitrogens with two attached hydrogens (primary N) is 1. The van der Waals surface area contributed by atoms with Crippen molar-refractivity contribution in [3.8, 4) is 0 Å². The number of carbonyl (C=O) groups is 1. The molecule has 1 amide bonds. The van der Waals surface area contributed by atoms with Gasteiger partial charge in [-0.05, 0) is 46.4 Å². The first-order valence-corrected chi connectivity index (χ1v) is 6.87. The van der Waals surface area contributed by atoms with Crippen LogP contribution in [-0.2, 0) is 4.79 Å². The molecule has 1 saturated heterocycles. The van der Waals surface area contributed by atoms with E-state index < -0.39 is 0 Å². The molecule has 5 heteroatoms. The predicted molar refractivity (Wildman–Crippen MR) is 74.5 cm³/mol. The van der Waals surface area contributed by atoms with Crippen molar-refractivity contribution in [3.05, 3.63) is 0 Å². The minimum absolute atomic E-state index is 0.217. The molecule has 0 aromatic heterocycles. The molecule has 0 aliphatic carbocycles. The highest BCUT2D eigenvalue weighted by Crippen LogP contribution is 2.17. The number of hydrogen-bond donors (Lipinski definition) is 1. The first-order valence-electron chi connectivity index (χ1n) is 6.87. The Morgan fingerprint density at radius 2 is 2.11 bits per heavy atom. The Balaban J connectivity index is 2.37. The van der Waals surface area contributed by atoms with Crippen molar-refractivity contribution in [2.75, 3.05) is 53.9 Å². The zero-order chi connectivity index (χ0) is 13.5. The van der Waals surface area contributed by atoms with Crippen LogP contribution in [0.5, 0.6) is 0 Å². The summed E-state index contributed by atoms with van der Waals surface area (Å²) >= 11 is 0. The van der Waals surface area contributed by atoms with Crippen LogP contribution in [0.1, 0.15) is 19.3 Å². The summed E-state index contributed by atoms with van der Waals surface area (Å²) in [5, 5.41) is 0. The molecule has 1 aliphatic heterocycles. The molecule has 0 aromatic rings. The summed E-state index contributed by atoms with van der Waals surface area (Å²) in [6.07, 6.45) is 3.29. The highest BCUT2D eigenvalue weighted by Gasteiger charge is 2.27. The average Bonchev–Trinajstić information content (AvgIpc) is 2.72. The molecular weight excluding hydrogens is 228 g/mol. The first-order chi connectivity index (χ1) is 8.54. The third kappa shape index (κ3) is 4.92. The molecule has 1 heterocycles. The second kappa shape index (κ2) is 7.71. The molecule has 0 aromatic carbocycles. The second-order valence-electron chi connectivity index (χ2n) is 5.49. The van der Waals surface area contributed by atoms with Crippen LogP contribution in [0.25, 0.3) is 0 Å². The van der Waals surface area contributed by atoms with Gasteiger partial charge in [0.2, 0.25) is 5.91 Å². The molecule has 1 fully saturated rings. The number of hydrogen-bond acceptors (Lipinski definition) is 4. The normalized spacial score (nSPS) is 20.6. The molecule has 2 N–H and O–H groups in total. The first kappa shape index (κ1) is 15.4. The summed E-state index contributed by atoms with van der Waals surface area (Å²) in [5.41, 5.74) is 5.46. The standard InChI is InChI=1S/C13H28N4O/c1-15(2)10-12-6-4-9-17(12)11-13(18)16(3)8-5-7-14/h12H,4-11,14H2,1-3H3. The molecule has 18 heavy (non-hydrogen) atoms. The Bertz CT molecular complexity index is 257.